The topological polar surface area (TPSA) is 57.3 Å². The molecule has 28 heavy (non-hydrogen) atoms. The Morgan fingerprint density at radius 1 is 0.929 bits per heavy atom. The van der Waals surface area contributed by atoms with Crippen molar-refractivity contribution in [3.63, 3.8) is 0 Å². The van der Waals surface area contributed by atoms with Crippen LogP contribution in [0.3, 0.4) is 0 Å². The van der Waals surface area contributed by atoms with Gasteiger partial charge in [-0.05, 0) is 49.2 Å². The summed E-state index contributed by atoms with van der Waals surface area (Å²) in [5, 5.41) is 6.83. The second-order valence-electron chi connectivity index (χ2n) is 7.22. The van der Waals surface area contributed by atoms with E-state index >= 15 is 0 Å². The zero-order valence-electron chi connectivity index (χ0n) is 16.0. The van der Waals surface area contributed by atoms with E-state index in [1.165, 1.54) is 43.5 Å². The van der Waals surface area contributed by atoms with E-state index in [1.807, 2.05) is 24.3 Å². The number of carbonyl (C=O) groups is 1. The number of para-hydroxylation sites is 1. The van der Waals surface area contributed by atoms with Crippen molar-refractivity contribution in [1.82, 2.24) is 20.5 Å². The Morgan fingerprint density at radius 2 is 1.64 bits per heavy atom. The van der Waals surface area contributed by atoms with Crippen LogP contribution in [0, 0.1) is 0 Å². The highest BCUT2D eigenvalue weighted by Crippen LogP contribution is 2.21. The minimum atomic E-state index is -0.160. The molecule has 0 saturated carbocycles. The normalized spacial score (nSPS) is 14.9. The number of fused-ring (bicyclic) bond motifs is 1. The van der Waals surface area contributed by atoms with Crippen LogP contribution in [-0.2, 0) is 19.6 Å². The molecule has 2 amide bonds. The summed E-state index contributed by atoms with van der Waals surface area (Å²) in [5.74, 6) is 0. The van der Waals surface area contributed by atoms with Crippen molar-refractivity contribution < 1.29 is 4.79 Å². The number of urea groups is 1. The molecule has 1 aliphatic heterocycles. The molecule has 1 aromatic heterocycles. The molecule has 2 N–H and O–H groups in total. The Labute approximate surface area is 169 Å². The van der Waals surface area contributed by atoms with E-state index in [1.54, 1.807) is 11.3 Å². The van der Waals surface area contributed by atoms with Gasteiger partial charge in [0.2, 0.25) is 0 Å². The van der Waals surface area contributed by atoms with Crippen LogP contribution in [0.4, 0.5) is 4.79 Å². The molecule has 0 aliphatic carbocycles. The van der Waals surface area contributed by atoms with Gasteiger partial charge in [-0.3, -0.25) is 4.90 Å². The maximum Gasteiger partial charge on any atom is 0.315 e. The number of amides is 2. The number of hydrogen-bond acceptors (Lipinski definition) is 4. The lowest BCUT2D eigenvalue weighted by Crippen LogP contribution is -2.35. The van der Waals surface area contributed by atoms with Crippen molar-refractivity contribution >= 4 is 27.6 Å². The monoisotopic (exact) mass is 394 g/mol. The number of rotatable bonds is 6. The third-order valence-electron chi connectivity index (χ3n) is 5.14. The van der Waals surface area contributed by atoms with Crippen LogP contribution in [-0.4, -0.2) is 29.0 Å². The maximum atomic E-state index is 12.3. The second-order valence-corrected chi connectivity index (χ2v) is 8.33. The highest BCUT2D eigenvalue weighted by atomic mass is 32.1. The maximum absolute atomic E-state index is 12.3. The molecule has 1 aliphatic rings. The zero-order chi connectivity index (χ0) is 19.2. The Morgan fingerprint density at radius 3 is 2.46 bits per heavy atom. The van der Waals surface area contributed by atoms with Crippen LogP contribution in [0.5, 0.6) is 0 Å². The molecule has 4 rings (SSSR count). The third kappa shape index (κ3) is 4.88. The van der Waals surface area contributed by atoms with Crippen molar-refractivity contribution in [1.29, 1.82) is 0 Å². The number of carbonyl (C=O) groups excluding carboxylic acids is 1. The summed E-state index contributed by atoms with van der Waals surface area (Å²) >= 11 is 1.62. The molecule has 1 saturated heterocycles. The lowest BCUT2D eigenvalue weighted by molar-refractivity contribution is 0.220. The van der Waals surface area contributed by atoms with Crippen LogP contribution >= 0.6 is 11.3 Å². The fraction of sp³-hybridized carbons (Fsp3) is 0.364. The van der Waals surface area contributed by atoms with E-state index in [0.717, 1.165) is 21.8 Å². The molecule has 1 fully saturated rings. The first-order valence-corrected chi connectivity index (χ1v) is 10.7. The molecule has 2 aromatic carbocycles. The van der Waals surface area contributed by atoms with E-state index in [2.05, 4.69) is 44.8 Å². The minimum Gasteiger partial charge on any atom is -0.334 e. The Hall–Kier alpha value is -2.44. The van der Waals surface area contributed by atoms with Gasteiger partial charge in [0.05, 0.1) is 16.8 Å². The number of benzene rings is 2. The van der Waals surface area contributed by atoms with Gasteiger partial charge in [0, 0.05) is 13.1 Å². The molecule has 0 spiro atoms. The van der Waals surface area contributed by atoms with E-state index in [4.69, 9.17) is 0 Å². The van der Waals surface area contributed by atoms with Gasteiger partial charge in [0.25, 0.3) is 0 Å². The van der Waals surface area contributed by atoms with Gasteiger partial charge in [0.1, 0.15) is 5.01 Å². The van der Waals surface area contributed by atoms with Gasteiger partial charge < -0.3 is 10.6 Å². The molecule has 0 radical (unpaired) electrons. The predicted molar refractivity (Wildman–Crippen MR) is 114 cm³/mol. The van der Waals surface area contributed by atoms with Crippen molar-refractivity contribution in [2.75, 3.05) is 13.1 Å². The second kappa shape index (κ2) is 9.17. The summed E-state index contributed by atoms with van der Waals surface area (Å²) < 4.78 is 1.14. The first-order valence-electron chi connectivity index (χ1n) is 9.93. The van der Waals surface area contributed by atoms with E-state index in [0.29, 0.717) is 13.1 Å². The van der Waals surface area contributed by atoms with Crippen molar-refractivity contribution in [3.05, 3.63) is 64.7 Å². The van der Waals surface area contributed by atoms with E-state index in [9.17, 15) is 4.79 Å². The van der Waals surface area contributed by atoms with Crippen LogP contribution in [0.1, 0.15) is 35.4 Å². The Kier molecular flexibility index (Phi) is 6.19. The number of nitrogens with zero attached hydrogens (tertiary/aromatic N) is 2. The molecule has 5 nitrogen and oxygen atoms in total. The SMILES string of the molecule is O=C(NCc1nc2ccccc2s1)NCc1ccccc1CN1CCCCC1. The quantitative estimate of drug-likeness (QED) is 0.656. The number of hydrogen-bond donors (Lipinski definition) is 2. The van der Waals surface area contributed by atoms with Crippen LogP contribution in [0.25, 0.3) is 10.2 Å². The van der Waals surface area contributed by atoms with Crippen molar-refractivity contribution in [2.24, 2.45) is 0 Å². The van der Waals surface area contributed by atoms with Crippen LogP contribution < -0.4 is 10.6 Å². The first kappa shape index (κ1) is 18.9. The molecule has 146 valence electrons. The number of likely N-dealkylation sites (tertiary alicyclic amines) is 1. The minimum absolute atomic E-state index is 0.160. The summed E-state index contributed by atoms with van der Waals surface area (Å²) in [5.41, 5.74) is 3.47. The molecule has 6 heteroatoms. The summed E-state index contributed by atoms with van der Waals surface area (Å²) in [6.07, 6.45) is 3.91. The molecular formula is C22H26N4OS. The fourth-order valence-electron chi connectivity index (χ4n) is 3.63. The summed E-state index contributed by atoms with van der Waals surface area (Å²) in [6, 6.07) is 16.3. The zero-order valence-corrected chi connectivity index (χ0v) is 16.8. The van der Waals surface area contributed by atoms with Gasteiger partial charge >= 0.3 is 6.03 Å². The molecule has 0 bridgehead atoms. The molecule has 2 heterocycles. The summed E-state index contributed by atoms with van der Waals surface area (Å²) in [7, 11) is 0. The molecule has 0 atom stereocenters. The van der Waals surface area contributed by atoms with Gasteiger partial charge in [0.15, 0.2) is 0 Å². The average molecular weight is 395 g/mol. The number of aromatic nitrogens is 1. The van der Waals surface area contributed by atoms with Crippen LogP contribution in [0.15, 0.2) is 48.5 Å². The lowest BCUT2D eigenvalue weighted by atomic mass is 10.0. The number of thiazole rings is 1. The molecule has 0 unspecified atom stereocenters. The van der Waals surface area contributed by atoms with Crippen molar-refractivity contribution in [3.8, 4) is 0 Å². The summed E-state index contributed by atoms with van der Waals surface area (Å²) in [6.45, 7) is 4.29. The van der Waals surface area contributed by atoms with E-state index < -0.39 is 0 Å². The van der Waals surface area contributed by atoms with Crippen molar-refractivity contribution in [2.45, 2.75) is 38.9 Å². The fourth-order valence-corrected chi connectivity index (χ4v) is 4.54. The van der Waals surface area contributed by atoms with Gasteiger partial charge in [-0.25, -0.2) is 9.78 Å². The number of nitrogens with one attached hydrogen (secondary N) is 2. The number of piperidine rings is 1. The average Bonchev–Trinajstić information content (AvgIpc) is 3.15. The highest BCUT2D eigenvalue weighted by Gasteiger charge is 2.13. The predicted octanol–water partition coefficient (Wildman–Crippen LogP) is 4.28. The smallest absolute Gasteiger partial charge is 0.315 e. The largest absolute Gasteiger partial charge is 0.334 e. The molecule has 3 aromatic rings. The lowest BCUT2D eigenvalue weighted by Gasteiger charge is -2.27. The van der Waals surface area contributed by atoms with Gasteiger partial charge in [-0.2, -0.15) is 0 Å². The first-order chi connectivity index (χ1) is 13.8. The highest BCUT2D eigenvalue weighted by molar-refractivity contribution is 7.18. The Balaban J connectivity index is 1.29. The standard InChI is InChI=1S/C22H26N4OS/c27-22(24-15-21-25-19-10-4-5-11-20(19)28-21)23-14-17-8-2-3-9-18(17)16-26-12-6-1-7-13-26/h2-5,8-11H,1,6-7,12-16H2,(H2,23,24,27). The molecular weight excluding hydrogens is 368 g/mol. The Bertz CT molecular complexity index is 900. The van der Waals surface area contributed by atoms with Gasteiger partial charge in [-0.15, -0.1) is 11.3 Å². The van der Waals surface area contributed by atoms with Gasteiger partial charge in [-0.1, -0.05) is 42.8 Å². The summed E-state index contributed by atoms with van der Waals surface area (Å²) in [4.78, 5) is 19.3. The third-order valence-corrected chi connectivity index (χ3v) is 6.18. The van der Waals surface area contributed by atoms with Crippen LogP contribution in [0.2, 0.25) is 0 Å². The van der Waals surface area contributed by atoms with E-state index in [-0.39, 0.29) is 6.03 Å².